The molecular formula is C18H29ClN2O3. The number of carbonyl (C=O) groups is 1. The minimum atomic E-state index is -0.510. The number of rotatable bonds is 7. The van der Waals surface area contributed by atoms with Gasteiger partial charge in [-0.1, -0.05) is 17.7 Å². The molecule has 0 saturated heterocycles. The average Bonchev–Trinajstić information content (AvgIpc) is 2.48. The first-order chi connectivity index (χ1) is 11.1. The van der Waals surface area contributed by atoms with Gasteiger partial charge < -0.3 is 20.1 Å². The number of benzene rings is 1. The van der Waals surface area contributed by atoms with Crippen LogP contribution in [0.15, 0.2) is 18.2 Å². The van der Waals surface area contributed by atoms with Gasteiger partial charge in [0.25, 0.3) is 0 Å². The molecule has 136 valence electrons. The van der Waals surface area contributed by atoms with Crippen LogP contribution in [-0.2, 0) is 9.47 Å². The number of ether oxygens (including phenoxy) is 2. The second-order valence-corrected chi connectivity index (χ2v) is 7.28. The van der Waals surface area contributed by atoms with Crippen molar-refractivity contribution >= 4 is 17.7 Å². The minimum absolute atomic E-state index is 0.169. The Labute approximate surface area is 150 Å². The van der Waals surface area contributed by atoms with Crippen molar-refractivity contribution in [2.75, 3.05) is 26.7 Å². The number of amides is 1. The van der Waals surface area contributed by atoms with Gasteiger partial charge in [0.15, 0.2) is 0 Å². The monoisotopic (exact) mass is 356 g/mol. The van der Waals surface area contributed by atoms with E-state index in [4.69, 9.17) is 26.8 Å². The number of hydrogen-bond donors (Lipinski definition) is 1. The highest BCUT2D eigenvalue weighted by molar-refractivity contribution is 6.30. The van der Waals surface area contributed by atoms with Crippen LogP contribution in [0.1, 0.15) is 44.4 Å². The fourth-order valence-corrected chi connectivity index (χ4v) is 2.42. The van der Waals surface area contributed by atoms with E-state index in [0.717, 1.165) is 11.1 Å². The lowest BCUT2D eigenvalue weighted by Gasteiger charge is -2.26. The maximum atomic E-state index is 12.1. The average molecular weight is 357 g/mol. The van der Waals surface area contributed by atoms with Gasteiger partial charge in [-0.25, -0.2) is 4.79 Å². The van der Waals surface area contributed by atoms with E-state index in [1.54, 1.807) is 11.9 Å². The Morgan fingerprint density at radius 2 is 2.04 bits per heavy atom. The van der Waals surface area contributed by atoms with Crippen LogP contribution in [0.4, 0.5) is 4.79 Å². The van der Waals surface area contributed by atoms with Gasteiger partial charge in [-0.3, -0.25) is 0 Å². The zero-order valence-corrected chi connectivity index (χ0v) is 16.0. The Morgan fingerprint density at radius 1 is 1.38 bits per heavy atom. The van der Waals surface area contributed by atoms with Crippen molar-refractivity contribution < 1.29 is 14.3 Å². The Hall–Kier alpha value is -1.30. The lowest BCUT2D eigenvalue weighted by Crippen LogP contribution is -2.35. The van der Waals surface area contributed by atoms with E-state index >= 15 is 0 Å². The van der Waals surface area contributed by atoms with Gasteiger partial charge in [0, 0.05) is 25.2 Å². The van der Waals surface area contributed by atoms with Crippen molar-refractivity contribution in [1.29, 1.82) is 0 Å². The molecule has 0 aliphatic heterocycles. The second kappa shape index (κ2) is 9.25. The molecule has 0 bridgehead atoms. The summed E-state index contributed by atoms with van der Waals surface area (Å²) < 4.78 is 11.2. The fraction of sp³-hybridized carbons (Fsp3) is 0.611. The van der Waals surface area contributed by atoms with Gasteiger partial charge in [-0.2, -0.15) is 0 Å². The summed E-state index contributed by atoms with van der Waals surface area (Å²) in [7, 11) is 1.72. The molecule has 2 N–H and O–H groups in total. The number of nitrogens with zero attached hydrogens (tertiary/aromatic N) is 1. The predicted molar refractivity (Wildman–Crippen MR) is 97.4 cm³/mol. The van der Waals surface area contributed by atoms with Gasteiger partial charge in [-0.05, 0) is 57.4 Å². The molecule has 1 aromatic carbocycles. The van der Waals surface area contributed by atoms with Gasteiger partial charge >= 0.3 is 6.09 Å². The Balaban J connectivity index is 2.76. The Kier molecular flexibility index (Phi) is 8.00. The van der Waals surface area contributed by atoms with E-state index in [0.29, 0.717) is 31.1 Å². The van der Waals surface area contributed by atoms with Crippen molar-refractivity contribution in [3.63, 3.8) is 0 Å². The quantitative estimate of drug-likeness (QED) is 0.804. The van der Waals surface area contributed by atoms with Crippen molar-refractivity contribution in [2.24, 2.45) is 5.73 Å². The van der Waals surface area contributed by atoms with Crippen LogP contribution in [0.2, 0.25) is 5.02 Å². The Morgan fingerprint density at radius 3 is 2.62 bits per heavy atom. The van der Waals surface area contributed by atoms with Crippen LogP contribution in [0.25, 0.3) is 0 Å². The first kappa shape index (κ1) is 20.7. The minimum Gasteiger partial charge on any atom is -0.444 e. The lowest BCUT2D eigenvalue weighted by molar-refractivity contribution is 0.0197. The highest BCUT2D eigenvalue weighted by atomic mass is 35.5. The van der Waals surface area contributed by atoms with Crippen molar-refractivity contribution in [1.82, 2.24) is 4.90 Å². The summed E-state index contributed by atoms with van der Waals surface area (Å²) in [6.45, 7) is 8.96. The van der Waals surface area contributed by atoms with E-state index in [2.05, 4.69) is 0 Å². The van der Waals surface area contributed by atoms with E-state index in [1.165, 1.54) is 0 Å². The normalized spacial score (nSPS) is 12.8. The maximum absolute atomic E-state index is 12.1. The maximum Gasteiger partial charge on any atom is 0.410 e. The summed E-state index contributed by atoms with van der Waals surface area (Å²) in [4.78, 5) is 13.6. The number of nitrogens with two attached hydrogens (primary N) is 1. The third-order valence-electron chi connectivity index (χ3n) is 3.46. The first-order valence-electron chi connectivity index (χ1n) is 8.16. The Bertz CT molecular complexity index is 544. The molecule has 1 unspecified atom stereocenters. The third-order valence-corrected chi connectivity index (χ3v) is 3.69. The lowest BCUT2D eigenvalue weighted by atomic mass is 10.0. The molecule has 1 atom stereocenters. The van der Waals surface area contributed by atoms with Crippen molar-refractivity contribution in [2.45, 2.75) is 45.8 Å². The predicted octanol–water partition coefficient (Wildman–Crippen LogP) is 3.92. The first-order valence-corrected chi connectivity index (χ1v) is 8.53. The second-order valence-electron chi connectivity index (χ2n) is 6.84. The summed E-state index contributed by atoms with van der Waals surface area (Å²) in [5.74, 6) is 0. The molecule has 6 heteroatoms. The van der Waals surface area contributed by atoms with Crippen LogP contribution in [0.5, 0.6) is 0 Å². The fourth-order valence-electron chi connectivity index (χ4n) is 2.24. The number of hydrogen-bond acceptors (Lipinski definition) is 4. The molecule has 0 saturated carbocycles. The molecule has 1 amide bonds. The van der Waals surface area contributed by atoms with Crippen molar-refractivity contribution in [3.8, 4) is 0 Å². The van der Waals surface area contributed by atoms with Gasteiger partial charge in [-0.15, -0.1) is 0 Å². The van der Waals surface area contributed by atoms with Crippen LogP contribution < -0.4 is 5.73 Å². The van der Waals surface area contributed by atoms with Crippen LogP contribution >= 0.6 is 11.6 Å². The number of aryl methyl sites for hydroxylation is 1. The summed E-state index contributed by atoms with van der Waals surface area (Å²) in [6.07, 6.45) is 0.122. The molecule has 0 heterocycles. The molecule has 1 rings (SSSR count). The zero-order chi connectivity index (χ0) is 18.3. The van der Waals surface area contributed by atoms with Gasteiger partial charge in [0.2, 0.25) is 0 Å². The highest BCUT2D eigenvalue weighted by Crippen LogP contribution is 2.27. The van der Waals surface area contributed by atoms with E-state index < -0.39 is 5.60 Å². The van der Waals surface area contributed by atoms with Crippen LogP contribution in [0, 0.1) is 6.92 Å². The zero-order valence-electron chi connectivity index (χ0n) is 15.3. The van der Waals surface area contributed by atoms with Gasteiger partial charge in [0.05, 0.1) is 12.7 Å². The SMILES string of the molecule is Cc1ccc(Cl)cc1C(CCN(C)C(=O)OC(C)(C)C)OCCN. The highest BCUT2D eigenvalue weighted by Gasteiger charge is 2.21. The van der Waals surface area contributed by atoms with Crippen molar-refractivity contribution in [3.05, 3.63) is 34.3 Å². The molecule has 1 aromatic rings. The molecule has 0 aliphatic rings. The molecular weight excluding hydrogens is 328 g/mol. The van der Waals surface area contributed by atoms with Crippen LogP contribution in [-0.4, -0.2) is 43.3 Å². The summed E-state index contributed by atoms with van der Waals surface area (Å²) in [6, 6.07) is 5.73. The number of halogens is 1. The summed E-state index contributed by atoms with van der Waals surface area (Å²) in [5, 5.41) is 0.664. The molecule has 24 heavy (non-hydrogen) atoms. The molecule has 0 fully saturated rings. The molecule has 0 aliphatic carbocycles. The summed E-state index contributed by atoms with van der Waals surface area (Å²) >= 11 is 6.12. The molecule has 0 aromatic heterocycles. The number of carbonyl (C=O) groups excluding carboxylic acids is 1. The molecule has 0 spiro atoms. The smallest absolute Gasteiger partial charge is 0.410 e. The summed E-state index contributed by atoms with van der Waals surface area (Å²) in [5.41, 5.74) is 7.17. The van der Waals surface area contributed by atoms with E-state index in [9.17, 15) is 4.79 Å². The van der Waals surface area contributed by atoms with E-state index in [-0.39, 0.29) is 12.2 Å². The topological polar surface area (TPSA) is 64.8 Å². The molecule has 5 nitrogen and oxygen atoms in total. The van der Waals surface area contributed by atoms with Crippen LogP contribution in [0.3, 0.4) is 0 Å². The third kappa shape index (κ3) is 7.07. The standard InChI is InChI=1S/C18H29ClN2O3/c1-13-6-7-14(19)12-15(13)16(23-11-9-20)8-10-21(5)17(22)24-18(2,3)4/h6-7,12,16H,8-11,20H2,1-5H3. The van der Waals surface area contributed by atoms with E-state index in [1.807, 2.05) is 45.9 Å². The molecule has 0 radical (unpaired) electrons. The largest absolute Gasteiger partial charge is 0.444 e. The van der Waals surface area contributed by atoms with Gasteiger partial charge in [0.1, 0.15) is 5.60 Å².